The Labute approximate surface area is 208 Å². The molecule has 3 aromatic rings. The molecule has 0 aromatic heterocycles. The molecule has 8 heteroatoms. The second-order valence-corrected chi connectivity index (χ2v) is 8.66. The molecule has 5 nitrogen and oxygen atoms in total. The van der Waals surface area contributed by atoms with Crippen molar-refractivity contribution < 1.29 is 14.3 Å². The third-order valence-corrected chi connectivity index (χ3v) is 5.85. The largest absolute Gasteiger partial charge is 0.484 e. The zero-order valence-electron chi connectivity index (χ0n) is 17.9. The van der Waals surface area contributed by atoms with Crippen molar-refractivity contribution >= 4 is 46.6 Å². The summed E-state index contributed by atoms with van der Waals surface area (Å²) in [5, 5.41) is 4.41. The van der Waals surface area contributed by atoms with Crippen LogP contribution in [0.4, 0.5) is 0 Å². The van der Waals surface area contributed by atoms with Gasteiger partial charge < -0.3 is 15.0 Å². The summed E-state index contributed by atoms with van der Waals surface area (Å²) >= 11 is 18.1. The second kappa shape index (κ2) is 11.9. The summed E-state index contributed by atoms with van der Waals surface area (Å²) in [7, 11) is 0. The number of para-hydroxylation sites is 1. The first-order valence-electron chi connectivity index (χ1n) is 10.3. The van der Waals surface area contributed by atoms with Crippen molar-refractivity contribution in [3.63, 3.8) is 0 Å². The predicted octanol–water partition coefficient (Wildman–Crippen LogP) is 5.76. The van der Waals surface area contributed by atoms with E-state index in [-0.39, 0.29) is 31.5 Å². The average Bonchev–Trinajstić information content (AvgIpc) is 2.81. The number of amides is 2. The van der Waals surface area contributed by atoms with Gasteiger partial charge in [-0.1, -0.05) is 71.2 Å². The van der Waals surface area contributed by atoms with Gasteiger partial charge >= 0.3 is 0 Å². The van der Waals surface area contributed by atoms with Crippen LogP contribution in [0.15, 0.2) is 72.8 Å². The maximum Gasteiger partial charge on any atom is 0.261 e. The maximum absolute atomic E-state index is 13.1. The number of halogens is 3. The minimum absolute atomic E-state index is 0.196. The van der Waals surface area contributed by atoms with Gasteiger partial charge in [-0.2, -0.15) is 0 Å². The van der Waals surface area contributed by atoms with Crippen LogP contribution in [0.5, 0.6) is 5.75 Å². The Morgan fingerprint density at radius 1 is 0.939 bits per heavy atom. The Hall–Kier alpha value is -2.73. The predicted molar refractivity (Wildman–Crippen MR) is 132 cm³/mol. The third-order valence-electron chi connectivity index (χ3n) is 5.01. The molecule has 33 heavy (non-hydrogen) atoms. The minimum atomic E-state index is -0.751. The first kappa shape index (κ1) is 24.9. The number of hydrogen-bond acceptors (Lipinski definition) is 3. The summed E-state index contributed by atoms with van der Waals surface area (Å²) in [5.74, 6) is -0.0594. The molecule has 0 saturated carbocycles. The summed E-state index contributed by atoms with van der Waals surface area (Å²) < 4.78 is 5.62. The lowest BCUT2D eigenvalue weighted by Gasteiger charge is -2.29. The van der Waals surface area contributed by atoms with Crippen molar-refractivity contribution in [1.29, 1.82) is 0 Å². The van der Waals surface area contributed by atoms with Crippen molar-refractivity contribution in [3.8, 4) is 5.75 Å². The van der Waals surface area contributed by atoms with E-state index in [1.54, 1.807) is 49.4 Å². The van der Waals surface area contributed by atoms with Gasteiger partial charge in [0.25, 0.3) is 5.91 Å². The van der Waals surface area contributed by atoms with E-state index in [4.69, 9.17) is 39.5 Å². The van der Waals surface area contributed by atoms with Crippen molar-refractivity contribution in [2.45, 2.75) is 26.1 Å². The van der Waals surface area contributed by atoms with Gasteiger partial charge in [0.2, 0.25) is 5.91 Å². The van der Waals surface area contributed by atoms with Crippen LogP contribution in [0.2, 0.25) is 15.1 Å². The zero-order valence-corrected chi connectivity index (χ0v) is 20.2. The van der Waals surface area contributed by atoms with Gasteiger partial charge in [-0.15, -0.1) is 0 Å². The number of ether oxygens (including phenoxy) is 1. The van der Waals surface area contributed by atoms with Gasteiger partial charge in [-0.25, -0.2) is 0 Å². The van der Waals surface area contributed by atoms with Crippen molar-refractivity contribution in [1.82, 2.24) is 10.2 Å². The topological polar surface area (TPSA) is 58.6 Å². The van der Waals surface area contributed by atoms with Crippen LogP contribution in [-0.2, 0) is 22.7 Å². The Morgan fingerprint density at radius 2 is 1.61 bits per heavy atom. The molecule has 0 heterocycles. The van der Waals surface area contributed by atoms with Gasteiger partial charge in [0.1, 0.15) is 11.8 Å². The SMILES string of the molecule is C[C@H](C(=O)NCc1ccc(Cl)cc1Cl)N(Cc1ccc(Cl)cc1)C(=O)COc1ccccc1. The first-order chi connectivity index (χ1) is 15.8. The third kappa shape index (κ3) is 7.39. The van der Waals surface area contributed by atoms with Crippen LogP contribution in [0.3, 0.4) is 0 Å². The minimum Gasteiger partial charge on any atom is -0.484 e. The molecular weight excluding hydrogens is 483 g/mol. The highest BCUT2D eigenvalue weighted by atomic mass is 35.5. The number of nitrogens with one attached hydrogen (secondary N) is 1. The molecule has 3 aromatic carbocycles. The molecule has 2 amide bonds. The first-order valence-corrected chi connectivity index (χ1v) is 11.4. The molecule has 0 bridgehead atoms. The normalized spacial score (nSPS) is 11.5. The van der Waals surface area contributed by atoms with E-state index in [1.807, 2.05) is 30.3 Å². The van der Waals surface area contributed by atoms with E-state index >= 15 is 0 Å². The Bertz CT molecular complexity index is 1090. The quantitative estimate of drug-likeness (QED) is 0.402. The summed E-state index contributed by atoms with van der Waals surface area (Å²) in [6, 6.07) is 20.5. The summed E-state index contributed by atoms with van der Waals surface area (Å²) in [6.45, 7) is 1.92. The van der Waals surface area contributed by atoms with Gasteiger partial charge in [-0.05, 0) is 54.4 Å². The molecule has 0 unspecified atom stereocenters. The highest BCUT2D eigenvalue weighted by Gasteiger charge is 2.26. The van der Waals surface area contributed by atoms with Gasteiger partial charge in [0.15, 0.2) is 6.61 Å². The molecule has 0 saturated heterocycles. The smallest absolute Gasteiger partial charge is 0.261 e. The van der Waals surface area contributed by atoms with Crippen molar-refractivity contribution in [2.24, 2.45) is 0 Å². The average molecular weight is 506 g/mol. The molecule has 0 aliphatic carbocycles. The molecule has 1 atom stereocenters. The van der Waals surface area contributed by atoms with Crippen LogP contribution in [-0.4, -0.2) is 29.4 Å². The van der Waals surface area contributed by atoms with E-state index in [2.05, 4.69) is 5.32 Å². The van der Waals surface area contributed by atoms with Crippen molar-refractivity contribution in [2.75, 3.05) is 6.61 Å². The fraction of sp³-hybridized carbons (Fsp3) is 0.200. The van der Waals surface area contributed by atoms with E-state index in [0.29, 0.717) is 20.8 Å². The molecule has 0 fully saturated rings. The highest BCUT2D eigenvalue weighted by Crippen LogP contribution is 2.21. The number of carbonyl (C=O) groups excluding carboxylic acids is 2. The lowest BCUT2D eigenvalue weighted by Crippen LogP contribution is -2.48. The maximum atomic E-state index is 13.1. The van der Waals surface area contributed by atoms with Crippen LogP contribution in [0.1, 0.15) is 18.1 Å². The van der Waals surface area contributed by atoms with Gasteiger partial charge in [0.05, 0.1) is 0 Å². The van der Waals surface area contributed by atoms with Gasteiger partial charge in [0, 0.05) is 28.2 Å². The summed E-state index contributed by atoms with van der Waals surface area (Å²) in [6.07, 6.45) is 0. The van der Waals surface area contributed by atoms with E-state index in [1.165, 1.54) is 4.90 Å². The molecule has 172 valence electrons. The second-order valence-electron chi connectivity index (χ2n) is 7.38. The fourth-order valence-electron chi connectivity index (χ4n) is 3.11. The molecular formula is C25H23Cl3N2O3. The molecule has 0 spiro atoms. The van der Waals surface area contributed by atoms with Crippen LogP contribution < -0.4 is 10.1 Å². The molecule has 3 rings (SSSR count). The standard InChI is InChI=1S/C25H23Cl3N2O3/c1-17(25(32)29-14-19-9-12-21(27)13-23(19)28)30(15-18-7-10-20(26)11-8-18)24(31)16-33-22-5-3-2-4-6-22/h2-13,17H,14-16H2,1H3,(H,29,32)/t17-/m1/s1. The number of nitrogens with zero attached hydrogens (tertiary/aromatic N) is 1. The van der Waals surface area contributed by atoms with Gasteiger partial charge in [-0.3, -0.25) is 9.59 Å². The Balaban J connectivity index is 1.70. The van der Waals surface area contributed by atoms with Crippen LogP contribution in [0, 0.1) is 0 Å². The number of hydrogen-bond donors (Lipinski definition) is 1. The lowest BCUT2D eigenvalue weighted by atomic mass is 10.1. The molecule has 0 aliphatic heterocycles. The fourth-order valence-corrected chi connectivity index (χ4v) is 3.71. The zero-order chi connectivity index (χ0) is 23.8. The Morgan fingerprint density at radius 3 is 2.27 bits per heavy atom. The molecule has 0 aliphatic rings. The van der Waals surface area contributed by atoms with Crippen LogP contribution >= 0.6 is 34.8 Å². The molecule has 1 N–H and O–H groups in total. The summed E-state index contributed by atoms with van der Waals surface area (Å²) in [5.41, 5.74) is 1.57. The number of carbonyl (C=O) groups is 2. The number of benzene rings is 3. The monoisotopic (exact) mass is 504 g/mol. The van der Waals surface area contributed by atoms with E-state index in [0.717, 1.165) is 11.1 Å². The summed E-state index contributed by atoms with van der Waals surface area (Å²) in [4.78, 5) is 27.5. The van der Waals surface area contributed by atoms with E-state index < -0.39 is 6.04 Å². The van der Waals surface area contributed by atoms with Crippen LogP contribution in [0.25, 0.3) is 0 Å². The lowest BCUT2D eigenvalue weighted by molar-refractivity contribution is -0.142. The number of rotatable bonds is 9. The van der Waals surface area contributed by atoms with E-state index in [9.17, 15) is 9.59 Å². The Kier molecular flexibility index (Phi) is 9.01. The highest BCUT2D eigenvalue weighted by molar-refractivity contribution is 6.35. The van der Waals surface area contributed by atoms with Crippen molar-refractivity contribution in [3.05, 3.63) is 99.0 Å². The molecule has 0 radical (unpaired) electrons.